The van der Waals surface area contributed by atoms with Gasteiger partial charge < -0.3 is 9.88 Å². The van der Waals surface area contributed by atoms with Gasteiger partial charge in [0.15, 0.2) is 0 Å². The molecule has 17 heavy (non-hydrogen) atoms. The molecule has 1 aromatic carbocycles. The van der Waals surface area contributed by atoms with Crippen molar-refractivity contribution in [3.63, 3.8) is 0 Å². The molecule has 1 heterocycles. The van der Waals surface area contributed by atoms with Crippen LogP contribution in [0.5, 0.6) is 0 Å². The maximum Gasteiger partial charge on any atom is 0.0627 e. The molecule has 0 fully saturated rings. The third kappa shape index (κ3) is 2.26. The maximum atomic E-state index is 3.64. The van der Waals surface area contributed by atoms with Crippen LogP contribution in [0.2, 0.25) is 0 Å². The van der Waals surface area contributed by atoms with Gasteiger partial charge >= 0.3 is 0 Å². The molecule has 0 saturated heterocycles. The average molecular weight is 295 g/mol. The number of halogens is 1. The fraction of sp³-hybridized carbons (Fsp3) is 0.429. The third-order valence-electron chi connectivity index (χ3n) is 3.44. The van der Waals surface area contributed by atoms with Crippen LogP contribution in [-0.2, 0) is 13.5 Å². The van der Waals surface area contributed by atoms with Crippen molar-refractivity contribution in [3.05, 3.63) is 33.9 Å². The summed E-state index contributed by atoms with van der Waals surface area (Å²) < 4.78 is 3.47. The van der Waals surface area contributed by atoms with E-state index in [9.17, 15) is 0 Å². The molecular formula is C14H19BrN2. The number of fused-ring (bicyclic) bond motifs is 1. The second kappa shape index (κ2) is 5.23. The molecule has 2 rings (SSSR count). The molecule has 2 aromatic rings. The summed E-state index contributed by atoms with van der Waals surface area (Å²) in [5.74, 6) is 0. The Morgan fingerprint density at radius 1 is 1.35 bits per heavy atom. The van der Waals surface area contributed by atoms with Crippen molar-refractivity contribution in [2.24, 2.45) is 7.05 Å². The summed E-state index contributed by atoms with van der Waals surface area (Å²) in [5, 5.41) is 4.59. The van der Waals surface area contributed by atoms with E-state index in [0.717, 1.165) is 13.0 Å². The van der Waals surface area contributed by atoms with Crippen molar-refractivity contribution in [2.75, 3.05) is 13.6 Å². The number of nitrogens with zero attached hydrogens (tertiary/aromatic N) is 1. The quantitative estimate of drug-likeness (QED) is 0.855. The molecule has 2 nitrogen and oxygen atoms in total. The lowest BCUT2D eigenvalue weighted by atomic mass is 10.1. The molecule has 3 heteroatoms. The van der Waals surface area contributed by atoms with Gasteiger partial charge in [0, 0.05) is 22.6 Å². The van der Waals surface area contributed by atoms with Crippen molar-refractivity contribution >= 4 is 26.8 Å². The first-order valence-corrected chi connectivity index (χ1v) is 6.83. The Balaban J connectivity index is 2.48. The lowest BCUT2D eigenvalue weighted by Gasteiger charge is -2.02. The number of benzene rings is 1. The highest BCUT2D eigenvalue weighted by atomic mass is 79.9. The van der Waals surface area contributed by atoms with Gasteiger partial charge in [0.2, 0.25) is 0 Å². The molecule has 0 spiro atoms. The van der Waals surface area contributed by atoms with Gasteiger partial charge in [-0.05, 0) is 60.9 Å². The largest absolute Gasteiger partial charge is 0.347 e. The van der Waals surface area contributed by atoms with E-state index >= 15 is 0 Å². The smallest absolute Gasteiger partial charge is 0.0627 e. The van der Waals surface area contributed by atoms with E-state index in [1.807, 2.05) is 7.05 Å². The first-order chi connectivity index (χ1) is 8.16. The minimum Gasteiger partial charge on any atom is -0.347 e. The van der Waals surface area contributed by atoms with Crippen LogP contribution in [0.3, 0.4) is 0 Å². The Hall–Kier alpha value is -0.800. The van der Waals surface area contributed by atoms with Crippen LogP contribution in [0.1, 0.15) is 17.7 Å². The predicted molar refractivity (Wildman–Crippen MR) is 77.6 cm³/mol. The van der Waals surface area contributed by atoms with Crippen molar-refractivity contribution < 1.29 is 0 Å². The normalized spacial score (nSPS) is 11.3. The second-order valence-corrected chi connectivity index (χ2v) is 5.32. The van der Waals surface area contributed by atoms with Crippen LogP contribution in [0.4, 0.5) is 0 Å². The molecule has 0 unspecified atom stereocenters. The van der Waals surface area contributed by atoms with E-state index < -0.39 is 0 Å². The van der Waals surface area contributed by atoms with Crippen LogP contribution in [0.25, 0.3) is 10.9 Å². The number of nitrogens with one attached hydrogen (secondary N) is 1. The van der Waals surface area contributed by atoms with Crippen molar-refractivity contribution in [3.8, 4) is 0 Å². The van der Waals surface area contributed by atoms with Crippen LogP contribution in [-0.4, -0.2) is 18.2 Å². The summed E-state index contributed by atoms with van der Waals surface area (Å²) in [6.07, 6.45) is 2.32. The Bertz CT molecular complexity index is 528. The minimum absolute atomic E-state index is 1.07. The first kappa shape index (κ1) is 12.7. The molecule has 0 bridgehead atoms. The highest BCUT2D eigenvalue weighted by Crippen LogP contribution is 2.31. The molecule has 1 aromatic heterocycles. The summed E-state index contributed by atoms with van der Waals surface area (Å²) in [6, 6.07) is 6.45. The molecule has 0 aliphatic carbocycles. The highest BCUT2D eigenvalue weighted by Gasteiger charge is 2.12. The Labute approximate surface area is 111 Å². The summed E-state index contributed by atoms with van der Waals surface area (Å²) >= 11 is 3.64. The highest BCUT2D eigenvalue weighted by molar-refractivity contribution is 9.10. The third-order valence-corrected chi connectivity index (χ3v) is 4.08. The van der Waals surface area contributed by atoms with Crippen LogP contribution in [0.15, 0.2) is 22.7 Å². The van der Waals surface area contributed by atoms with Gasteiger partial charge in [0.1, 0.15) is 0 Å². The Morgan fingerprint density at radius 2 is 2.12 bits per heavy atom. The fourth-order valence-electron chi connectivity index (χ4n) is 2.42. The molecule has 0 aliphatic rings. The number of para-hydroxylation sites is 1. The number of hydrogen-bond acceptors (Lipinski definition) is 1. The number of hydrogen-bond donors (Lipinski definition) is 1. The van der Waals surface area contributed by atoms with E-state index in [4.69, 9.17) is 0 Å². The molecule has 0 aliphatic heterocycles. The average Bonchev–Trinajstić information content (AvgIpc) is 2.55. The van der Waals surface area contributed by atoms with E-state index in [1.54, 1.807) is 0 Å². The molecule has 1 N–H and O–H groups in total. The summed E-state index contributed by atoms with van der Waals surface area (Å²) in [5.41, 5.74) is 4.17. The van der Waals surface area contributed by atoms with E-state index in [0.29, 0.717) is 0 Å². The van der Waals surface area contributed by atoms with Crippen LogP contribution >= 0.6 is 15.9 Å². The Kier molecular flexibility index (Phi) is 3.89. The molecule has 0 atom stereocenters. The number of rotatable bonds is 4. The van der Waals surface area contributed by atoms with Crippen molar-refractivity contribution in [2.45, 2.75) is 19.8 Å². The maximum absolute atomic E-state index is 3.64. The topological polar surface area (TPSA) is 17.0 Å². The summed E-state index contributed by atoms with van der Waals surface area (Å²) in [7, 11) is 4.15. The van der Waals surface area contributed by atoms with E-state index in [1.165, 1.54) is 33.1 Å². The minimum atomic E-state index is 1.07. The van der Waals surface area contributed by atoms with Gasteiger partial charge in [-0.2, -0.15) is 0 Å². The summed E-state index contributed by atoms with van der Waals surface area (Å²) in [4.78, 5) is 0. The lowest BCUT2D eigenvalue weighted by molar-refractivity contribution is 0.722. The Morgan fingerprint density at radius 3 is 2.82 bits per heavy atom. The zero-order valence-electron chi connectivity index (χ0n) is 10.7. The first-order valence-electron chi connectivity index (χ1n) is 6.03. The van der Waals surface area contributed by atoms with Crippen molar-refractivity contribution in [1.29, 1.82) is 0 Å². The zero-order valence-corrected chi connectivity index (χ0v) is 12.3. The van der Waals surface area contributed by atoms with Gasteiger partial charge in [-0.25, -0.2) is 0 Å². The van der Waals surface area contributed by atoms with Gasteiger partial charge in [0.05, 0.1) is 5.52 Å². The molecular weight excluding hydrogens is 276 g/mol. The van der Waals surface area contributed by atoms with Gasteiger partial charge in [-0.3, -0.25) is 0 Å². The zero-order chi connectivity index (χ0) is 12.4. The fourth-order valence-corrected chi connectivity index (χ4v) is 3.05. The molecule has 0 radical (unpaired) electrons. The molecule has 92 valence electrons. The number of aromatic nitrogens is 1. The van der Waals surface area contributed by atoms with Crippen LogP contribution < -0.4 is 5.32 Å². The number of aryl methyl sites for hydroxylation is 2. The van der Waals surface area contributed by atoms with Gasteiger partial charge in [-0.1, -0.05) is 12.1 Å². The second-order valence-electron chi connectivity index (χ2n) is 4.47. The van der Waals surface area contributed by atoms with Gasteiger partial charge in [-0.15, -0.1) is 0 Å². The SMILES string of the molecule is CNCCCc1c(C)n(C)c2c(Br)cccc12. The van der Waals surface area contributed by atoms with Crippen LogP contribution in [0, 0.1) is 6.92 Å². The molecule has 0 saturated carbocycles. The van der Waals surface area contributed by atoms with E-state index in [2.05, 4.69) is 58.0 Å². The van der Waals surface area contributed by atoms with E-state index in [-0.39, 0.29) is 0 Å². The lowest BCUT2D eigenvalue weighted by Crippen LogP contribution is -2.08. The van der Waals surface area contributed by atoms with Gasteiger partial charge in [0.25, 0.3) is 0 Å². The standard InChI is InChI=1S/C14H19BrN2/c1-10-11(7-5-9-16-2)12-6-4-8-13(15)14(12)17(10)3/h4,6,8,16H,5,7,9H2,1-3H3. The summed E-state index contributed by atoms with van der Waals surface area (Å²) in [6.45, 7) is 3.28. The molecule has 0 amide bonds. The van der Waals surface area contributed by atoms with Crippen molar-refractivity contribution in [1.82, 2.24) is 9.88 Å². The monoisotopic (exact) mass is 294 g/mol. The predicted octanol–water partition coefficient (Wildman–Crippen LogP) is 3.40.